The first-order valence-electron chi connectivity index (χ1n) is 9.95. The molecule has 3 rings (SSSR count). The first-order chi connectivity index (χ1) is 14.6. The van der Waals surface area contributed by atoms with Crippen molar-refractivity contribution in [3.63, 3.8) is 0 Å². The van der Waals surface area contributed by atoms with Gasteiger partial charge in [-0.05, 0) is 68.4 Å². The van der Waals surface area contributed by atoms with Crippen LogP contribution in [0.15, 0.2) is 42.5 Å². The Balaban J connectivity index is 1.47. The van der Waals surface area contributed by atoms with Gasteiger partial charge < -0.3 is 4.90 Å². The van der Waals surface area contributed by atoms with Crippen molar-refractivity contribution >= 4 is 27.3 Å². The Hall–Kier alpha value is -2.65. The van der Waals surface area contributed by atoms with Crippen LogP contribution in [0.1, 0.15) is 40.0 Å². The van der Waals surface area contributed by atoms with E-state index in [1.54, 1.807) is 24.3 Å². The van der Waals surface area contributed by atoms with Crippen LogP contribution in [-0.4, -0.2) is 50.8 Å². The Morgan fingerprint density at radius 2 is 1.61 bits per heavy atom. The smallest absolute Gasteiger partial charge is 0.229 e. The van der Waals surface area contributed by atoms with Crippen LogP contribution in [0.3, 0.4) is 0 Å². The van der Waals surface area contributed by atoms with Gasteiger partial charge in [-0.15, -0.1) is 0 Å². The van der Waals surface area contributed by atoms with Gasteiger partial charge in [0.2, 0.25) is 10.0 Å². The number of sulfonamides is 1. The predicted molar refractivity (Wildman–Crippen MR) is 114 cm³/mol. The lowest BCUT2D eigenvalue weighted by Gasteiger charge is -2.31. The van der Waals surface area contributed by atoms with E-state index in [1.165, 1.54) is 6.07 Å². The van der Waals surface area contributed by atoms with Crippen LogP contribution in [0.2, 0.25) is 0 Å². The maximum atomic E-state index is 13.4. The summed E-state index contributed by atoms with van der Waals surface area (Å²) in [6.45, 7) is 1.84. The summed E-state index contributed by atoms with van der Waals surface area (Å²) in [6, 6.07) is 9.48. The van der Waals surface area contributed by atoms with Gasteiger partial charge >= 0.3 is 0 Å². The number of halogens is 2. The number of hydrogen-bond donors (Lipinski definition) is 1. The third kappa shape index (κ3) is 6.41. The zero-order valence-corrected chi connectivity index (χ0v) is 17.9. The molecule has 0 radical (unpaired) electrons. The molecule has 0 aliphatic carbocycles. The highest BCUT2D eigenvalue weighted by molar-refractivity contribution is 7.92. The van der Waals surface area contributed by atoms with Crippen LogP contribution in [-0.2, 0) is 10.0 Å². The van der Waals surface area contributed by atoms with Gasteiger partial charge in [0.25, 0.3) is 0 Å². The maximum absolute atomic E-state index is 13.4. The number of rotatable bonds is 8. The van der Waals surface area contributed by atoms with E-state index in [1.807, 2.05) is 0 Å². The molecule has 1 aliphatic rings. The molecule has 1 heterocycles. The minimum absolute atomic E-state index is 0.0501. The van der Waals surface area contributed by atoms with Crippen molar-refractivity contribution in [3.8, 4) is 0 Å². The molecule has 31 heavy (non-hydrogen) atoms. The van der Waals surface area contributed by atoms with Gasteiger partial charge in [-0.1, -0.05) is 0 Å². The second-order valence-electron chi connectivity index (χ2n) is 7.73. The Bertz CT molecular complexity index is 1060. The van der Waals surface area contributed by atoms with E-state index >= 15 is 0 Å². The maximum Gasteiger partial charge on any atom is 0.229 e. The molecule has 1 fully saturated rings. The third-order valence-electron chi connectivity index (χ3n) is 5.33. The number of carbonyl (C=O) groups is 2. The van der Waals surface area contributed by atoms with Gasteiger partial charge in [0.1, 0.15) is 0 Å². The summed E-state index contributed by atoms with van der Waals surface area (Å²) in [5.41, 5.74) is 1.08. The number of hydrogen-bond acceptors (Lipinski definition) is 5. The summed E-state index contributed by atoms with van der Waals surface area (Å²) in [5, 5.41) is 0. The minimum Gasteiger partial charge on any atom is -0.303 e. The zero-order chi connectivity index (χ0) is 22.6. The number of carbonyl (C=O) groups excluding carboxylic acids is 2. The van der Waals surface area contributed by atoms with Gasteiger partial charge in [0, 0.05) is 35.7 Å². The van der Waals surface area contributed by atoms with Crippen molar-refractivity contribution in [2.24, 2.45) is 5.92 Å². The number of Topliss-reactive ketones (excluding diaryl/α,β-unsaturated/α-hetero) is 2. The van der Waals surface area contributed by atoms with E-state index in [-0.39, 0.29) is 23.0 Å². The average molecular weight is 451 g/mol. The highest BCUT2D eigenvalue weighted by atomic mass is 32.2. The standard InChI is InChI=1S/C22H24F2N2O4S/c1-31(29,30)25-18-5-2-15(3-6-18)21(27)10-13-26-11-8-16(9-12-26)22(28)17-4-7-19(23)20(24)14-17/h2-7,14,16,25H,8-13H2,1H3. The average Bonchev–Trinajstić information content (AvgIpc) is 2.73. The van der Waals surface area contributed by atoms with Crippen molar-refractivity contribution in [1.29, 1.82) is 0 Å². The molecule has 0 aromatic heterocycles. The minimum atomic E-state index is -3.37. The first kappa shape index (κ1) is 23.0. The van der Waals surface area contributed by atoms with Crippen LogP contribution in [0.5, 0.6) is 0 Å². The van der Waals surface area contributed by atoms with Gasteiger partial charge in [0.15, 0.2) is 23.2 Å². The largest absolute Gasteiger partial charge is 0.303 e. The van der Waals surface area contributed by atoms with E-state index in [4.69, 9.17) is 0 Å². The van der Waals surface area contributed by atoms with Gasteiger partial charge in [-0.2, -0.15) is 0 Å². The quantitative estimate of drug-likeness (QED) is 0.623. The molecule has 0 atom stereocenters. The van der Waals surface area contributed by atoms with Crippen molar-refractivity contribution < 1.29 is 26.8 Å². The number of piperidine rings is 1. The fraction of sp³-hybridized carbons (Fsp3) is 0.364. The topological polar surface area (TPSA) is 83.6 Å². The summed E-state index contributed by atoms with van der Waals surface area (Å²) >= 11 is 0. The SMILES string of the molecule is CS(=O)(=O)Nc1ccc(C(=O)CCN2CCC(C(=O)c3ccc(F)c(F)c3)CC2)cc1. The number of nitrogens with zero attached hydrogens (tertiary/aromatic N) is 1. The predicted octanol–water partition coefficient (Wildman–Crippen LogP) is 3.50. The normalized spacial score (nSPS) is 15.6. The number of nitrogens with one attached hydrogen (secondary N) is 1. The van der Waals surface area contributed by atoms with Crippen LogP contribution in [0, 0.1) is 17.6 Å². The van der Waals surface area contributed by atoms with Gasteiger partial charge in [-0.3, -0.25) is 14.3 Å². The van der Waals surface area contributed by atoms with E-state index < -0.39 is 21.7 Å². The summed E-state index contributed by atoms with van der Waals surface area (Å²) in [5.74, 6) is -2.48. The summed E-state index contributed by atoms with van der Waals surface area (Å²) in [4.78, 5) is 27.0. The molecule has 0 bridgehead atoms. The number of ketones is 2. The summed E-state index contributed by atoms with van der Waals surface area (Å²) in [6.07, 6.45) is 2.55. The highest BCUT2D eigenvalue weighted by Crippen LogP contribution is 2.23. The number of benzene rings is 2. The van der Waals surface area contributed by atoms with Crippen LogP contribution < -0.4 is 4.72 Å². The molecule has 9 heteroatoms. The fourth-order valence-electron chi connectivity index (χ4n) is 3.65. The molecule has 1 saturated heterocycles. The second-order valence-corrected chi connectivity index (χ2v) is 9.48. The highest BCUT2D eigenvalue weighted by Gasteiger charge is 2.26. The Morgan fingerprint density at radius 1 is 1.00 bits per heavy atom. The van der Waals surface area contributed by atoms with E-state index in [9.17, 15) is 26.8 Å². The monoisotopic (exact) mass is 450 g/mol. The summed E-state index contributed by atoms with van der Waals surface area (Å²) < 4.78 is 51.3. The molecule has 0 saturated carbocycles. The van der Waals surface area contributed by atoms with Crippen LogP contribution >= 0.6 is 0 Å². The lowest BCUT2D eigenvalue weighted by molar-refractivity contribution is 0.0822. The molecule has 2 aromatic carbocycles. The van der Waals surface area contributed by atoms with Crippen molar-refractivity contribution in [1.82, 2.24) is 4.90 Å². The lowest BCUT2D eigenvalue weighted by Crippen LogP contribution is -2.37. The summed E-state index contributed by atoms with van der Waals surface area (Å²) in [7, 11) is -3.37. The molecular formula is C22H24F2N2O4S. The Morgan fingerprint density at radius 3 is 2.19 bits per heavy atom. The van der Waals surface area contributed by atoms with Crippen LogP contribution in [0.25, 0.3) is 0 Å². The molecular weight excluding hydrogens is 426 g/mol. The molecule has 166 valence electrons. The fourth-order valence-corrected chi connectivity index (χ4v) is 4.21. The molecule has 0 unspecified atom stereocenters. The lowest BCUT2D eigenvalue weighted by atomic mass is 9.88. The third-order valence-corrected chi connectivity index (χ3v) is 5.93. The Kier molecular flexibility index (Phi) is 7.17. The van der Waals surface area contributed by atoms with Gasteiger partial charge in [-0.25, -0.2) is 17.2 Å². The molecule has 0 amide bonds. The molecule has 2 aromatic rings. The zero-order valence-electron chi connectivity index (χ0n) is 17.1. The first-order valence-corrected chi connectivity index (χ1v) is 11.8. The van der Waals surface area contributed by atoms with Crippen molar-refractivity contribution in [2.75, 3.05) is 30.6 Å². The van der Waals surface area contributed by atoms with Gasteiger partial charge in [0.05, 0.1) is 6.26 Å². The number of anilines is 1. The van der Waals surface area contributed by atoms with Crippen molar-refractivity contribution in [3.05, 3.63) is 65.2 Å². The van der Waals surface area contributed by atoms with E-state index in [0.717, 1.165) is 18.4 Å². The van der Waals surface area contributed by atoms with Crippen LogP contribution in [0.4, 0.5) is 14.5 Å². The number of likely N-dealkylation sites (tertiary alicyclic amines) is 1. The van der Waals surface area contributed by atoms with E-state index in [2.05, 4.69) is 9.62 Å². The van der Waals surface area contributed by atoms with Crippen molar-refractivity contribution in [2.45, 2.75) is 19.3 Å². The molecule has 0 spiro atoms. The molecule has 1 N–H and O–H groups in total. The second kappa shape index (κ2) is 9.65. The molecule has 6 nitrogen and oxygen atoms in total. The Labute approximate surface area is 180 Å². The van der Waals surface area contributed by atoms with E-state index in [0.29, 0.717) is 50.1 Å². The molecule has 1 aliphatic heterocycles.